The average Bonchev–Trinajstić information content (AvgIpc) is 3.63. The van der Waals surface area contributed by atoms with E-state index in [1.165, 1.54) is 23.1 Å². The van der Waals surface area contributed by atoms with Gasteiger partial charge < -0.3 is 31.1 Å². The second-order valence-electron chi connectivity index (χ2n) is 8.31. The fourth-order valence-electron chi connectivity index (χ4n) is 4.34. The van der Waals surface area contributed by atoms with Gasteiger partial charge >= 0.3 is 0 Å². The van der Waals surface area contributed by atoms with Crippen LogP contribution in [0.4, 0.5) is 5.13 Å². The molecule has 3 amide bonds. The lowest BCUT2D eigenvalue weighted by Gasteiger charge is -2.50. The third kappa shape index (κ3) is 4.95. The summed E-state index contributed by atoms with van der Waals surface area (Å²) in [4.78, 5) is 60.5. The summed E-state index contributed by atoms with van der Waals surface area (Å²) in [6.07, 6.45) is 4.30. The fourth-order valence-corrected chi connectivity index (χ4v) is 7.01. The molecule has 2 aliphatic rings. The molecule has 0 radical (unpaired) electrons. The number of amides is 3. The van der Waals surface area contributed by atoms with Crippen molar-refractivity contribution in [1.29, 1.82) is 0 Å². The van der Waals surface area contributed by atoms with E-state index in [0.29, 0.717) is 12.0 Å². The quantitative estimate of drug-likeness (QED) is 0.0778. The predicted octanol–water partition coefficient (Wildman–Crippen LogP) is -1.58. The number of anilines is 1. The van der Waals surface area contributed by atoms with Crippen molar-refractivity contribution in [2.45, 2.75) is 31.4 Å². The lowest BCUT2D eigenvalue weighted by atomic mass is 10.0. The molecule has 0 saturated carbocycles. The number of nitrogens with two attached hydrogens (primary N) is 1. The largest absolute Gasteiger partial charge is 0.543 e. The molecule has 4 N–H and O–H groups in total. The summed E-state index contributed by atoms with van der Waals surface area (Å²) in [5, 5.41) is 24.4. The zero-order chi connectivity index (χ0) is 27.7. The minimum atomic E-state index is -1.49. The molecule has 0 aliphatic carbocycles. The van der Waals surface area contributed by atoms with Crippen molar-refractivity contribution in [1.82, 2.24) is 24.9 Å². The number of oxime groups is 1. The van der Waals surface area contributed by atoms with Crippen LogP contribution in [-0.4, -0.2) is 68.0 Å². The van der Waals surface area contributed by atoms with Crippen LogP contribution in [0, 0.1) is 0 Å². The first kappa shape index (κ1) is 26.6. The number of hydrogen-bond donors (Lipinski definition) is 3. The molecule has 5 heterocycles. The Labute approximate surface area is 233 Å². The molecular weight excluding hydrogens is 568 g/mol. The van der Waals surface area contributed by atoms with Crippen molar-refractivity contribution in [3.8, 4) is 0 Å². The number of thioether (sulfide) groups is 1. The summed E-state index contributed by atoms with van der Waals surface area (Å²) < 4.78 is 3.73. The molecule has 3 aromatic heterocycles. The minimum Gasteiger partial charge on any atom is -0.543 e. The number of carbonyl (C=O) groups excluding carboxylic acids is 4. The van der Waals surface area contributed by atoms with Gasteiger partial charge in [-0.25, -0.2) is 9.55 Å². The molecule has 0 bridgehead atoms. The lowest BCUT2D eigenvalue weighted by Crippen LogP contribution is -2.71. The van der Waals surface area contributed by atoms with Gasteiger partial charge in [-0.2, -0.15) is 4.40 Å². The molecule has 0 unspecified atom stereocenters. The standard InChI is InChI=1S/C22H22N8O6S3/c1-2-36-27-15(12-9-39-22(23)25-12)18(32)26-16-19(33)30-17(21(34)35)11(8-38-20(16)30)6-28-7-14-29(3-4-37-14)13(28)5-24-10-31/h3-4,7,9-10,16,20H,2,5-6,8H2,1H3,(H4-,23,24,25,26,31,32,34,35)/b27-15-/t16-,20-/m1/s1. The average molecular weight is 591 g/mol. The number of hydrogen-bond acceptors (Lipinski definition) is 12. The number of β-lactam (4-membered cyclic amide) rings is 1. The number of aromatic nitrogens is 3. The molecule has 3 aromatic rings. The number of carboxylic acids is 1. The van der Waals surface area contributed by atoms with Crippen LogP contribution in [0.25, 0.3) is 4.83 Å². The molecule has 5 rings (SSSR count). The molecule has 2 atom stereocenters. The van der Waals surface area contributed by atoms with Crippen LogP contribution in [0.2, 0.25) is 0 Å². The molecule has 14 nitrogen and oxygen atoms in total. The van der Waals surface area contributed by atoms with Crippen molar-refractivity contribution >= 4 is 74.3 Å². The Morgan fingerprint density at radius 3 is 2.92 bits per heavy atom. The highest BCUT2D eigenvalue weighted by atomic mass is 32.2. The van der Waals surface area contributed by atoms with Gasteiger partial charge in [0.1, 0.15) is 49.2 Å². The van der Waals surface area contributed by atoms with Gasteiger partial charge in [-0.05, 0) is 6.92 Å². The van der Waals surface area contributed by atoms with E-state index in [4.69, 9.17) is 10.6 Å². The molecule has 1 saturated heterocycles. The molecule has 1 fully saturated rings. The maximum atomic E-state index is 13.1. The normalized spacial score (nSPS) is 19.1. The second kappa shape index (κ2) is 11.0. The first-order valence-electron chi connectivity index (χ1n) is 11.6. The number of carbonyl (C=O) groups is 4. The predicted molar refractivity (Wildman–Crippen MR) is 140 cm³/mol. The van der Waals surface area contributed by atoms with Crippen LogP contribution in [-0.2, 0) is 37.1 Å². The van der Waals surface area contributed by atoms with Crippen LogP contribution in [0.3, 0.4) is 0 Å². The van der Waals surface area contributed by atoms with Gasteiger partial charge in [0.25, 0.3) is 17.6 Å². The highest BCUT2D eigenvalue weighted by Crippen LogP contribution is 2.40. The Hall–Kier alpha value is -3.96. The molecular formula is C22H22N8O6S3. The van der Waals surface area contributed by atoms with Gasteiger partial charge in [-0.1, -0.05) is 16.5 Å². The van der Waals surface area contributed by atoms with Gasteiger partial charge in [-0.15, -0.1) is 23.1 Å². The van der Waals surface area contributed by atoms with Crippen LogP contribution in [0.5, 0.6) is 0 Å². The van der Waals surface area contributed by atoms with Crippen LogP contribution < -0.4 is 26.0 Å². The summed E-state index contributed by atoms with van der Waals surface area (Å²) in [5.41, 5.74) is 5.99. The van der Waals surface area contributed by atoms with Crippen molar-refractivity contribution in [3.05, 3.63) is 45.9 Å². The summed E-state index contributed by atoms with van der Waals surface area (Å²) in [6.45, 7) is 2.30. The van der Waals surface area contributed by atoms with E-state index >= 15 is 0 Å². The smallest absolute Gasteiger partial charge is 0.282 e. The highest BCUT2D eigenvalue weighted by Gasteiger charge is 2.53. The van der Waals surface area contributed by atoms with Crippen molar-refractivity contribution in [2.24, 2.45) is 5.16 Å². The Morgan fingerprint density at radius 2 is 2.23 bits per heavy atom. The number of thiazole rings is 2. The summed E-state index contributed by atoms with van der Waals surface area (Å²) >= 11 is 3.94. The number of rotatable bonds is 11. The van der Waals surface area contributed by atoms with Gasteiger partial charge in [0, 0.05) is 22.1 Å². The summed E-state index contributed by atoms with van der Waals surface area (Å²) in [6, 6.07) is -0.985. The molecule has 2 aliphatic heterocycles. The maximum Gasteiger partial charge on any atom is 0.282 e. The van der Waals surface area contributed by atoms with Gasteiger partial charge in [-0.3, -0.25) is 19.3 Å². The van der Waals surface area contributed by atoms with Crippen molar-refractivity contribution in [3.63, 3.8) is 0 Å². The van der Waals surface area contributed by atoms with Gasteiger partial charge in [0.15, 0.2) is 10.8 Å². The first-order valence-corrected chi connectivity index (χ1v) is 14.4. The van der Waals surface area contributed by atoms with Crippen LogP contribution in [0.1, 0.15) is 18.4 Å². The number of imidazole rings is 1. The third-order valence-electron chi connectivity index (χ3n) is 6.01. The highest BCUT2D eigenvalue weighted by molar-refractivity contribution is 8.00. The second-order valence-corrected chi connectivity index (χ2v) is 11.2. The monoisotopic (exact) mass is 590 g/mol. The SMILES string of the molecule is CCO/N=C(\C(=O)N[C@@H]1C(=O)N2C(C(=O)[O-])=C(C[n+]3cc4sccn4c3CNC=O)CS[C@H]12)c1csc(N)n1. The number of nitrogens with one attached hydrogen (secondary N) is 2. The van der Waals surface area contributed by atoms with Gasteiger partial charge in [0.05, 0.1) is 11.7 Å². The Kier molecular flexibility index (Phi) is 7.53. The van der Waals surface area contributed by atoms with E-state index in [1.54, 1.807) is 12.3 Å². The van der Waals surface area contributed by atoms with Crippen molar-refractivity contribution < 1.29 is 33.7 Å². The van der Waals surface area contributed by atoms with E-state index in [1.807, 2.05) is 26.7 Å². The van der Waals surface area contributed by atoms with E-state index in [-0.39, 0.29) is 47.7 Å². The van der Waals surface area contributed by atoms with Crippen molar-refractivity contribution in [2.75, 3.05) is 18.1 Å². The maximum absolute atomic E-state index is 13.1. The lowest BCUT2D eigenvalue weighted by molar-refractivity contribution is -0.695. The molecule has 0 spiro atoms. The summed E-state index contributed by atoms with van der Waals surface area (Å²) in [5.74, 6) is -1.76. The Balaban J connectivity index is 1.37. The van der Waals surface area contributed by atoms with Crippen LogP contribution in [0.15, 0.2) is 39.6 Å². The zero-order valence-electron chi connectivity index (χ0n) is 20.4. The molecule has 17 heteroatoms. The third-order valence-corrected chi connectivity index (χ3v) is 8.82. The minimum absolute atomic E-state index is 0.144. The van der Waals surface area contributed by atoms with E-state index < -0.39 is 29.2 Å². The summed E-state index contributed by atoms with van der Waals surface area (Å²) in [7, 11) is 0. The molecule has 39 heavy (non-hydrogen) atoms. The van der Waals surface area contributed by atoms with E-state index in [9.17, 15) is 24.3 Å². The molecule has 0 aromatic carbocycles. The number of nitrogen functional groups attached to an aromatic ring is 1. The van der Waals surface area contributed by atoms with Gasteiger partial charge in [0.2, 0.25) is 11.2 Å². The zero-order valence-corrected chi connectivity index (χ0v) is 22.8. The first-order chi connectivity index (χ1) is 18.8. The topological polar surface area (TPSA) is 187 Å². The molecule has 204 valence electrons. The van der Waals surface area contributed by atoms with E-state index in [2.05, 4.69) is 20.8 Å². The fraction of sp³-hybridized carbons (Fsp3) is 0.318. The number of aliphatic carboxylic acids is 1. The number of nitrogens with zero attached hydrogens (tertiary/aromatic N) is 5. The van der Waals surface area contributed by atoms with Crippen LogP contribution >= 0.6 is 34.4 Å². The number of fused-ring (bicyclic) bond motifs is 2. The number of carboxylic acid groups (broad SMARTS) is 1. The van der Waals surface area contributed by atoms with E-state index in [0.717, 1.165) is 26.9 Å². The Bertz CT molecular complexity index is 1520. The Morgan fingerprint density at radius 1 is 1.41 bits per heavy atom.